The van der Waals surface area contributed by atoms with E-state index < -0.39 is 17.5 Å². The van der Waals surface area contributed by atoms with Crippen molar-refractivity contribution in [2.45, 2.75) is 25.9 Å². The number of nitrogens with zero attached hydrogens (tertiary/aromatic N) is 3. The number of urea groups is 1. The maximum absolute atomic E-state index is 13.3. The molecular formula is C22H20N4O5. The molecule has 4 heterocycles. The smallest absolute Gasteiger partial charge is 0.325 e. The molecule has 9 heteroatoms. The third-order valence-electron chi connectivity index (χ3n) is 5.65. The van der Waals surface area contributed by atoms with E-state index in [4.69, 9.17) is 9.47 Å². The zero-order chi connectivity index (χ0) is 21.8. The Labute approximate surface area is 177 Å². The van der Waals surface area contributed by atoms with Gasteiger partial charge in [-0.25, -0.2) is 9.78 Å². The lowest BCUT2D eigenvalue weighted by Gasteiger charge is -2.25. The predicted octanol–water partition coefficient (Wildman–Crippen LogP) is 1.74. The van der Waals surface area contributed by atoms with Gasteiger partial charge in [0.25, 0.3) is 11.5 Å². The van der Waals surface area contributed by atoms with Gasteiger partial charge in [-0.2, -0.15) is 0 Å². The van der Waals surface area contributed by atoms with Gasteiger partial charge in [0, 0.05) is 12.3 Å². The fraction of sp³-hybridized carbons (Fsp3) is 0.273. The van der Waals surface area contributed by atoms with Crippen molar-refractivity contribution in [3.05, 3.63) is 69.8 Å². The Morgan fingerprint density at radius 3 is 2.68 bits per heavy atom. The van der Waals surface area contributed by atoms with Gasteiger partial charge in [-0.3, -0.25) is 18.9 Å². The van der Waals surface area contributed by atoms with E-state index in [0.29, 0.717) is 41.6 Å². The van der Waals surface area contributed by atoms with E-state index in [1.54, 1.807) is 37.4 Å². The zero-order valence-corrected chi connectivity index (χ0v) is 17.0. The second-order valence-corrected chi connectivity index (χ2v) is 7.78. The summed E-state index contributed by atoms with van der Waals surface area (Å²) in [6, 6.07) is 9.58. The molecule has 9 nitrogen and oxygen atoms in total. The van der Waals surface area contributed by atoms with Crippen LogP contribution in [0.2, 0.25) is 0 Å². The molecule has 2 aliphatic rings. The Bertz CT molecular complexity index is 1300. The molecule has 1 fully saturated rings. The summed E-state index contributed by atoms with van der Waals surface area (Å²) in [7, 11) is 0. The number of hydrogen-bond donors (Lipinski definition) is 1. The zero-order valence-electron chi connectivity index (χ0n) is 17.0. The topological polar surface area (TPSA) is 102 Å². The number of aromatic nitrogens is 2. The largest absolute Gasteiger partial charge is 0.486 e. The van der Waals surface area contributed by atoms with Crippen LogP contribution in [0.25, 0.3) is 5.65 Å². The first-order valence-electron chi connectivity index (χ1n) is 9.89. The van der Waals surface area contributed by atoms with Gasteiger partial charge in [0.1, 0.15) is 24.4 Å². The second-order valence-electron chi connectivity index (χ2n) is 7.78. The molecule has 3 amide bonds. The number of hydrogen-bond acceptors (Lipinski definition) is 6. The average molecular weight is 420 g/mol. The quantitative estimate of drug-likeness (QED) is 0.648. The Kier molecular flexibility index (Phi) is 4.21. The Balaban J connectivity index is 1.48. The molecule has 2 aromatic heterocycles. The van der Waals surface area contributed by atoms with Crippen molar-refractivity contribution in [3.63, 3.8) is 0 Å². The third-order valence-corrected chi connectivity index (χ3v) is 5.65. The van der Waals surface area contributed by atoms with Crippen LogP contribution in [0.1, 0.15) is 23.7 Å². The van der Waals surface area contributed by atoms with Crippen molar-refractivity contribution in [2.24, 2.45) is 0 Å². The molecule has 31 heavy (non-hydrogen) atoms. The van der Waals surface area contributed by atoms with Crippen LogP contribution in [0.5, 0.6) is 11.5 Å². The number of nitrogens with one attached hydrogen (secondary N) is 1. The minimum absolute atomic E-state index is 0.106. The summed E-state index contributed by atoms with van der Waals surface area (Å²) in [4.78, 5) is 44.0. The van der Waals surface area contributed by atoms with Crippen molar-refractivity contribution in [2.75, 3.05) is 13.2 Å². The average Bonchev–Trinajstić information content (AvgIpc) is 2.98. The number of carbonyl (C=O) groups excluding carboxylic acids is 2. The molecule has 0 saturated carbocycles. The Hall–Kier alpha value is -3.88. The van der Waals surface area contributed by atoms with E-state index in [2.05, 4.69) is 10.3 Å². The summed E-state index contributed by atoms with van der Waals surface area (Å²) < 4.78 is 12.6. The van der Waals surface area contributed by atoms with E-state index in [0.717, 1.165) is 10.5 Å². The van der Waals surface area contributed by atoms with Gasteiger partial charge in [0.05, 0.1) is 12.2 Å². The lowest BCUT2D eigenvalue weighted by Crippen LogP contribution is -2.41. The molecule has 3 aromatic rings. The highest BCUT2D eigenvalue weighted by Gasteiger charge is 2.49. The third kappa shape index (κ3) is 3.00. The fourth-order valence-electron chi connectivity index (χ4n) is 3.94. The van der Waals surface area contributed by atoms with E-state index >= 15 is 0 Å². The SMILES string of the molecule is Cc1cccn2c(=O)cc(CN3C(=O)N[C@](C)(c4ccc5c(c4)OCCO5)C3=O)nc12. The number of imide groups is 1. The van der Waals surface area contributed by atoms with Crippen LogP contribution in [-0.2, 0) is 16.9 Å². The van der Waals surface area contributed by atoms with Gasteiger partial charge in [0.15, 0.2) is 11.5 Å². The number of benzene rings is 1. The van der Waals surface area contributed by atoms with Gasteiger partial charge in [-0.1, -0.05) is 12.1 Å². The van der Waals surface area contributed by atoms with Gasteiger partial charge in [-0.05, 0) is 43.2 Å². The predicted molar refractivity (Wildman–Crippen MR) is 110 cm³/mol. The van der Waals surface area contributed by atoms with E-state index in [9.17, 15) is 14.4 Å². The van der Waals surface area contributed by atoms with E-state index in [1.165, 1.54) is 10.5 Å². The highest BCUT2D eigenvalue weighted by Crippen LogP contribution is 2.37. The standard InChI is InChI=1S/C22H20N4O5/c1-13-4-3-7-25-18(27)11-15(23-19(13)25)12-26-20(28)22(2,24-21(26)29)14-5-6-16-17(10-14)31-9-8-30-16/h3-7,10-11H,8-9,12H2,1-2H3,(H,24,29)/t22-/m1/s1. The maximum Gasteiger partial charge on any atom is 0.325 e. The number of aryl methyl sites for hydroxylation is 1. The normalized spacial score (nSPS) is 20.3. The van der Waals surface area contributed by atoms with Crippen LogP contribution in [0, 0.1) is 6.92 Å². The lowest BCUT2D eigenvalue weighted by molar-refractivity contribution is -0.131. The van der Waals surface area contributed by atoms with Crippen LogP contribution in [0.3, 0.4) is 0 Å². The molecule has 0 aliphatic carbocycles. The van der Waals surface area contributed by atoms with Crippen molar-refractivity contribution >= 4 is 17.6 Å². The number of ether oxygens (including phenoxy) is 2. The maximum atomic E-state index is 13.3. The first kappa shape index (κ1) is 19.1. The monoisotopic (exact) mass is 420 g/mol. The van der Waals surface area contributed by atoms with E-state index in [1.807, 2.05) is 13.0 Å². The molecule has 5 rings (SSSR count). The highest BCUT2D eigenvalue weighted by molar-refractivity contribution is 6.07. The van der Waals surface area contributed by atoms with Crippen LogP contribution in [0.4, 0.5) is 4.79 Å². The van der Waals surface area contributed by atoms with Gasteiger partial charge in [-0.15, -0.1) is 0 Å². The Morgan fingerprint density at radius 1 is 1.10 bits per heavy atom. The number of carbonyl (C=O) groups is 2. The van der Waals surface area contributed by atoms with E-state index in [-0.39, 0.29) is 12.1 Å². The summed E-state index contributed by atoms with van der Waals surface area (Å²) in [6.45, 7) is 4.27. The van der Waals surface area contributed by atoms with Crippen LogP contribution in [-0.4, -0.2) is 39.4 Å². The fourth-order valence-corrected chi connectivity index (χ4v) is 3.94. The number of amides is 3. The first-order chi connectivity index (χ1) is 14.9. The molecule has 158 valence electrons. The number of pyridine rings is 1. The van der Waals surface area contributed by atoms with Crippen LogP contribution >= 0.6 is 0 Å². The molecule has 1 saturated heterocycles. The summed E-state index contributed by atoms with van der Waals surface area (Å²) in [5.41, 5.74) is 0.695. The van der Waals surface area contributed by atoms with Crippen LogP contribution < -0.4 is 20.3 Å². The molecule has 0 radical (unpaired) electrons. The Morgan fingerprint density at radius 2 is 1.87 bits per heavy atom. The van der Waals surface area contributed by atoms with Crippen LogP contribution in [0.15, 0.2) is 47.4 Å². The van der Waals surface area contributed by atoms with Crippen molar-refractivity contribution in [3.8, 4) is 11.5 Å². The molecule has 0 bridgehead atoms. The van der Waals surface area contributed by atoms with Gasteiger partial charge in [0.2, 0.25) is 0 Å². The van der Waals surface area contributed by atoms with Gasteiger partial charge < -0.3 is 14.8 Å². The highest BCUT2D eigenvalue weighted by atomic mass is 16.6. The molecular weight excluding hydrogens is 400 g/mol. The molecule has 0 unspecified atom stereocenters. The molecule has 0 spiro atoms. The summed E-state index contributed by atoms with van der Waals surface area (Å²) >= 11 is 0. The summed E-state index contributed by atoms with van der Waals surface area (Å²) in [6.07, 6.45) is 1.63. The molecule has 2 aliphatic heterocycles. The van der Waals surface area contributed by atoms with Crippen molar-refractivity contribution in [1.82, 2.24) is 19.6 Å². The lowest BCUT2D eigenvalue weighted by atomic mass is 9.91. The molecule has 1 atom stereocenters. The first-order valence-corrected chi connectivity index (χ1v) is 9.89. The summed E-state index contributed by atoms with van der Waals surface area (Å²) in [5.74, 6) is 0.703. The second kappa shape index (κ2) is 6.83. The molecule has 1 N–H and O–H groups in total. The van der Waals surface area contributed by atoms with Crippen molar-refractivity contribution in [1.29, 1.82) is 0 Å². The summed E-state index contributed by atoms with van der Waals surface area (Å²) in [5, 5.41) is 2.77. The molecule has 1 aromatic carbocycles. The minimum atomic E-state index is -1.27. The number of rotatable bonds is 3. The minimum Gasteiger partial charge on any atom is -0.486 e. The number of fused-ring (bicyclic) bond motifs is 2. The van der Waals surface area contributed by atoms with Gasteiger partial charge >= 0.3 is 6.03 Å². The van der Waals surface area contributed by atoms with Crippen molar-refractivity contribution < 1.29 is 19.1 Å².